The largest absolute Gasteiger partial charge is 0.507 e. The summed E-state index contributed by atoms with van der Waals surface area (Å²) < 4.78 is 5.45. The van der Waals surface area contributed by atoms with Crippen molar-refractivity contribution in [2.75, 3.05) is 6.61 Å². The van der Waals surface area contributed by atoms with Gasteiger partial charge in [0.05, 0.1) is 12.3 Å². The first kappa shape index (κ1) is 13.4. The molecule has 2 aromatic rings. The molecule has 98 valence electrons. The zero-order valence-corrected chi connectivity index (χ0v) is 11.0. The molecule has 0 aliphatic carbocycles. The molecule has 2 rings (SSSR count). The van der Waals surface area contributed by atoms with E-state index >= 15 is 0 Å². The van der Waals surface area contributed by atoms with E-state index in [1.807, 2.05) is 0 Å². The second-order valence-electron chi connectivity index (χ2n) is 3.85. The summed E-state index contributed by atoms with van der Waals surface area (Å²) in [6.45, 7) is 4.15. The molecule has 0 fully saturated rings. The van der Waals surface area contributed by atoms with Gasteiger partial charge in [-0.05, 0) is 30.7 Å². The number of benzene rings is 1. The third kappa shape index (κ3) is 3.45. The number of aromatic hydroxyl groups is 1. The molecule has 0 aliphatic heterocycles. The molecule has 0 atom stereocenters. The molecule has 1 aromatic carbocycles. The third-order valence-corrected chi connectivity index (χ3v) is 2.67. The van der Waals surface area contributed by atoms with Gasteiger partial charge in [-0.2, -0.15) is 0 Å². The molecule has 5 heteroatoms. The van der Waals surface area contributed by atoms with Crippen LogP contribution in [0.1, 0.15) is 6.42 Å². The van der Waals surface area contributed by atoms with Crippen LogP contribution in [0.4, 0.5) is 0 Å². The van der Waals surface area contributed by atoms with Gasteiger partial charge in [0.1, 0.15) is 11.5 Å². The van der Waals surface area contributed by atoms with Crippen LogP contribution in [0.25, 0.3) is 11.3 Å². The maximum Gasteiger partial charge on any atom is 0.151 e. The topological polar surface area (TPSA) is 55.2 Å². The molecular weight excluding hydrogens is 264 g/mol. The fraction of sp³-hybridized carbons (Fsp3) is 0.143. The number of hydrogen-bond acceptors (Lipinski definition) is 4. The summed E-state index contributed by atoms with van der Waals surface area (Å²) in [5.41, 5.74) is 1.14. The van der Waals surface area contributed by atoms with Crippen LogP contribution in [0.3, 0.4) is 0 Å². The van der Waals surface area contributed by atoms with Crippen LogP contribution in [0.15, 0.2) is 43.0 Å². The summed E-state index contributed by atoms with van der Waals surface area (Å²) in [4.78, 5) is 0. The molecule has 0 spiro atoms. The number of nitrogens with zero attached hydrogens (tertiary/aromatic N) is 2. The number of phenols is 1. The van der Waals surface area contributed by atoms with Crippen LogP contribution in [-0.2, 0) is 0 Å². The van der Waals surface area contributed by atoms with Gasteiger partial charge in [-0.25, -0.2) is 0 Å². The Labute approximate surface area is 116 Å². The summed E-state index contributed by atoms with van der Waals surface area (Å²) in [7, 11) is 0. The van der Waals surface area contributed by atoms with E-state index in [2.05, 4.69) is 16.8 Å². The first-order chi connectivity index (χ1) is 9.20. The number of rotatable bonds is 5. The molecule has 0 aliphatic rings. The van der Waals surface area contributed by atoms with E-state index < -0.39 is 0 Å². The van der Waals surface area contributed by atoms with Gasteiger partial charge >= 0.3 is 0 Å². The second kappa shape index (κ2) is 6.20. The number of halogens is 1. The first-order valence-electron chi connectivity index (χ1n) is 5.77. The summed E-state index contributed by atoms with van der Waals surface area (Å²) in [5, 5.41) is 17.9. The Kier molecular flexibility index (Phi) is 4.36. The Balaban J connectivity index is 2.19. The Bertz CT molecular complexity index is 570. The first-order valence-corrected chi connectivity index (χ1v) is 6.15. The minimum atomic E-state index is 0.0905. The third-order valence-electron chi connectivity index (χ3n) is 2.47. The Hall–Kier alpha value is -2.07. The monoisotopic (exact) mass is 276 g/mol. The van der Waals surface area contributed by atoms with Crippen molar-refractivity contribution in [2.45, 2.75) is 6.42 Å². The van der Waals surface area contributed by atoms with Crippen molar-refractivity contribution < 1.29 is 9.84 Å². The molecule has 1 N–H and O–H groups in total. The van der Waals surface area contributed by atoms with Gasteiger partial charge in [0.2, 0.25) is 0 Å². The minimum Gasteiger partial charge on any atom is -0.507 e. The van der Waals surface area contributed by atoms with Crippen molar-refractivity contribution in [1.29, 1.82) is 0 Å². The summed E-state index contributed by atoms with van der Waals surface area (Å²) >= 11 is 5.67. The standard InChI is InChI=1S/C14H13ClN2O2/c1-2-3-8-19-10-4-5-11(13(18)9-10)12-6-7-14(15)17-16-12/h2,4-7,9,18H,1,3,8H2. The van der Waals surface area contributed by atoms with Crippen LogP contribution in [0.5, 0.6) is 11.5 Å². The van der Waals surface area contributed by atoms with Gasteiger partial charge in [0, 0.05) is 11.6 Å². The molecule has 0 radical (unpaired) electrons. The lowest BCUT2D eigenvalue weighted by Gasteiger charge is -2.08. The second-order valence-corrected chi connectivity index (χ2v) is 4.23. The summed E-state index contributed by atoms with van der Waals surface area (Å²) in [6.07, 6.45) is 2.53. The van der Waals surface area contributed by atoms with Gasteiger partial charge in [-0.15, -0.1) is 16.8 Å². The number of ether oxygens (including phenoxy) is 1. The molecule has 4 nitrogen and oxygen atoms in total. The van der Waals surface area contributed by atoms with E-state index in [1.165, 1.54) is 0 Å². The van der Waals surface area contributed by atoms with Crippen molar-refractivity contribution in [1.82, 2.24) is 10.2 Å². The normalized spacial score (nSPS) is 10.2. The van der Waals surface area contributed by atoms with E-state index in [-0.39, 0.29) is 5.75 Å². The summed E-state index contributed by atoms with van der Waals surface area (Å²) in [6, 6.07) is 8.38. The Morgan fingerprint density at radius 3 is 2.74 bits per heavy atom. The lowest BCUT2D eigenvalue weighted by Crippen LogP contribution is -1.95. The van der Waals surface area contributed by atoms with Crippen LogP contribution >= 0.6 is 11.6 Å². The van der Waals surface area contributed by atoms with Gasteiger partial charge in [0.15, 0.2) is 5.15 Å². The van der Waals surface area contributed by atoms with Crippen molar-refractivity contribution >= 4 is 11.6 Å². The van der Waals surface area contributed by atoms with Gasteiger partial charge in [-0.1, -0.05) is 17.7 Å². The maximum atomic E-state index is 9.97. The van der Waals surface area contributed by atoms with Gasteiger partial charge in [0.25, 0.3) is 0 Å². The molecule has 1 aromatic heterocycles. The lowest BCUT2D eigenvalue weighted by atomic mass is 10.1. The van der Waals surface area contributed by atoms with Crippen molar-refractivity contribution in [3.63, 3.8) is 0 Å². The van der Waals surface area contributed by atoms with Crippen molar-refractivity contribution in [3.05, 3.63) is 48.1 Å². The highest BCUT2D eigenvalue weighted by Crippen LogP contribution is 2.31. The highest BCUT2D eigenvalue weighted by Gasteiger charge is 2.08. The molecule has 0 unspecified atom stereocenters. The molecule has 0 saturated carbocycles. The molecule has 0 amide bonds. The Morgan fingerprint density at radius 1 is 1.26 bits per heavy atom. The van der Waals surface area contributed by atoms with Crippen LogP contribution in [0.2, 0.25) is 5.15 Å². The highest BCUT2D eigenvalue weighted by atomic mass is 35.5. The van der Waals surface area contributed by atoms with E-state index in [1.54, 1.807) is 36.4 Å². The van der Waals surface area contributed by atoms with Crippen LogP contribution in [-0.4, -0.2) is 21.9 Å². The van der Waals surface area contributed by atoms with Crippen LogP contribution in [0, 0.1) is 0 Å². The maximum absolute atomic E-state index is 9.97. The van der Waals surface area contributed by atoms with Crippen LogP contribution < -0.4 is 4.74 Å². The molecule has 0 bridgehead atoms. The number of aromatic nitrogens is 2. The smallest absolute Gasteiger partial charge is 0.151 e. The predicted molar refractivity (Wildman–Crippen MR) is 74.5 cm³/mol. The predicted octanol–water partition coefficient (Wildman–Crippen LogP) is 3.46. The average Bonchev–Trinajstić information content (AvgIpc) is 2.41. The van der Waals surface area contributed by atoms with Gasteiger partial charge in [-0.3, -0.25) is 0 Å². The minimum absolute atomic E-state index is 0.0905. The zero-order valence-electron chi connectivity index (χ0n) is 10.2. The van der Waals surface area contributed by atoms with E-state index in [0.29, 0.717) is 28.8 Å². The summed E-state index contributed by atoms with van der Waals surface area (Å²) in [5.74, 6) is 0.692. The zero-order chi connectivity index (χ0) is 13.7. The SMILES string of the molecule is C=CCCOc1ccc(-c2ccc(Cl)nn2)c(O)c1. The fourth-order valence-electron chi connectivity index (χ4n) is 1.54. The number of phenolic OH excluding ortho intramolecular Hbond substituents is 1. The highest BCUT2D eigenvalue weighted by molar-refractivity contribution is 6.29. The van der Waals surface area contributed by atoms with Crippen molar-refractivity contribution in [3.8, 4) is 22.8 Å². The quantitative estimate of drug-likeness (QED) is 0.671. The van der Waals surface area contributed by atoms with Crippen molar-refractivity contribution in [2.24, 2.45) is 0 Å². The lowest BCUT2D eigenvalue weighted by molar-refractivity contribution is 0.323. The molecular formula is C14H13ClN2O2. The van der Waals surface area contributed by atoms with E-state index in [4.69, 9.17) is 16.3 Å². The molecule has 0 saturated heterocycles. The van der Waals surface area contributed by atoms with E-state index in [9.17, 15) is 5.11 Å². The number of hydrogen-bond donors (Lipinski definition) is 1. The van der Waals surface area contributed by atoms with E-state index in [0.717, 1.165) is 6.42 Å². The van der Waals surface area contributed by atoms with Gasteiger partial charge < -0.3 is 9.84 Å². The molecule has 1 heterocycles. The molecule has 19 heavy (non-hydrogen) atoms. The fourth-order valence-corrected chi connectivity index (χ4v) is 1.64. The average molecular weight is 277 g/mol. The Morgan fingerprint density at radius 2 is 2.11 bits per heavy atom.